The van der Waals surface area contributed by atoms with Crippen LogP contribution in [0.3, 0.4) is 0 Å². The Hall–Kier alpha value is -3.36. The van der Waals surface area contributed by atoms with Gasteiger partial charge >= 0.3 is 5.97 Å². The molecule has 0 saturated carbocycles. The highest BCUT2D eigenvalue weighted by atomic mass is 19.1. The topological polar surface area (TPSA) is 95.6 Å². The number of hydrogen-bond donors (Lipinski definition) is 3. The highest BCUT2D eigenvalue weighted by molar-refractivity contribution is 5.81. The molecule has 3 aromatic rings. The number of nitrogens with zero attached hydrogens (tertiary/aromatic N) is 2. The zero-order valence-electron chi connectivity index (χ0n) is 21.6. The van der Waals surface area contributed by atoms with E-state index in [1.54, 1.807) is 30.5 Å². The van der Waals surface area contributed by atoms with E-state index >= 15 is 0 Å². The second-order valence-electron chi connectivity index (χ2n) is 9.41. The minimum Gasteiger partial charge on any atom is -0.481 e. The van der Waals surface area contributed by atoms with Gasteiger partial charge in [-0.1, -0.05) is 27.7 Å². The molecule has 1 aromatic heterocycles. The predicted molar refractivity (Wildman–Crippen MR) is 140 cm³/mol. The van der Waals surface area contributed by atoms with Gasteiger partial charge in [0.1, 0.15) is 17.5 Å². The minimum atomic E-state index is -1.20. The second kappa shape index (κ2) is 12.3. The SMILES string of the molecule is CCc1cc(-c2c(-c3ccc(F)cc3)nc(C(C)C)n2/C=C/[C@@H](O)C[C@@H](O)CC(=O)O)cc(CC)c1F. The summed E-state index contributed by atoms with van der Waals surface area (Å²) in [6.45, 7) is 7.71. The van der Waals surface area contributed by atoms with Crippen LogP contribution in [0.25, 0.3) is 28.7 Å². The molecule has 3 rings (SSSR count). The maximum absolute atomic E-state index is 15.0. The van der Waals surface area contributed by atoms with Gasteiger partial charge in [0, 0.05) is 29.7 Å². The summed E-state index contributed by atoms with van der Waals surface area (Å²) in [5.74, 6) is -1.12. The van der Waals surface area contributed by atoms with Crippen LogP contribution in [0.5, 0.6) is 0 Å². The van der Waals surface area contributed by atoms with Gasteiger partial charge in [0.2, 0.25) is 0 Å². The highest BCUT2D eigenvalue weighted by Gasteiger charge is 2.23. The first-order valence-electron chi connectivity index (χ1n) is 12.5. The van der Waals surface area contributed by atoms with Crippen LogP contribution in [0.4, 0.5) is 8.78 Å². The average molecular weight is 513 g/mol. The Bertz CT molecular complexity index is 1240. The number of aliphatic hydroxyl groups excluding tert-OH is 2. The van der Waals surface area contributed by atoms with Crippen molar-refractivity contribution >= 4 is 12.2 Å². The molecule has 0 amide bonds. The van der Waals surface area contributed by atoms with E-state index in [0.717, 1.165) is 5.56 Å². The third kappa shape index (κ3) is 6.70. The molecular weight excluding hydrogens is 478 g/mol. The van der Waals surface area contributed by atoms with Crippen molar-refractivity contribution in [3.05, 3.63) is 71.1 Å². The quantitative estimate of drug-likeness (QED) is 0.302. The molecule has 0 bridgehead atoms. The van der Waals surface area contributed by atoms with E-state index in [0.29, 0.717) is 46.7 Å². The third-order valence-electron chi connectivity index (χ3n) is 6.21. The van der Waals surface area contributed by atoms with E-state index < -0.39 is 24.6 Å². The number of carbonyl (C=O) groups is 1. The smallest absolute Gasteiger partial charge is 0.305 e. The molecule has 37 heavy (non-hydrogen) atoms. The van der Waals surface area contributed by atoms with Crippen molar-refractivity contribution in [2.45, 2.75) is 71.5 Å². The molecule has 0 aliphatic carbocycles. The van der Waals surface area contributed by atoms with E-state index in [1.165, 1.54) is 18.2 Å². The fraction of sp³-hybridized carbons (Fsp3) is 0.379. The van der Waals surface area contributed by atoms with Crippen LogP contribution in [0.15, 0.2) is 42.5 Å². The van der Waals surface area contributed by atoms with Gasteiger partial charge in [0.05, 0.1) is 30.0 Å². The number of carboxylic acid groups (broad SMARTS) is 1. The summed E-state index contributed by atoms with van der Waals surface area (Å²) in [6.07, 6.45) is 1.19. The molecule has 0 fully saturated rings. The average Bonchev–Trinajstić information content (AvgIpc) is 3.22. The number of benzene rings is 2. The van der Waals surface area contributed by atoms with Crippen molar-refractivity contribution in [2.75, 3.05) is 0 Å². The molecular formula is C29H34F2N2O4. The molecule has 0 spiro atoms. The predicted octanol–water partition coefficient (Wildman–Crippen LogP) is 5.80. The monoisotopic (exact) mass is 512 g/mol. The number of rotatable bonds is 11. The molecule has 0 saturated heterocycles. The van der Waals surface area contributed by atoms with E-state index in [1.807, 2.05) is 32.3 Å². The molecule has 0 radical (unpaired) electrons. The molecule has 0 aliphatic heterocycles. The normalized spacial score (nSPS) is 13.4. The number of imidazole rings is 1. The van der Waals surface area contributed by atoms with Gasteiger partial charge in [-0.3, -0.25) is 4.79 Å². The van der Waals surface area contributed by atoms with Crippen molar-refractivity contribution in [1.82, 2.24) is 9.55 Å². The summed E-state index contributed by atoms with van der Waals surface area (Å²) >= 11 is 0. The van der Waals surface area contributed by atoms with E-state index in [4.69, 9.17) is 10.1 Å². The molecule has 1 heterocycles. The van der Waals surface area contributed by atoms with Crippen LogP contribution in [0.2, 0.25) is 0 Å². The first-order valence-corrected chi connectivity index (χ1v) is 12.5. The molecule has 0 unspecified atom stereocenters. The molecule has 198 valence electrons. The van der Waals surface area contributed by atoms with Gasteiger partial charge in [-0.15, -0.1) is 0 Å². The summed E-state index contributed by atoms with van der Waals surface area (Å²) in [4.78, 5) is 15.7. The minimum absolute atomic E-state index is 0.0379. The summed E-state index contributed by atoms with van der Waals surface area (Å²) < 4.78 is 30.5. The number of hydrogen-bond acceptors (Lipinski definition) is 4. The number of aliphatic hydroxyl groups is 2. The summed E-state index contributed by atoms with van der Waals surface area (Å²) in [5, 5.41) is 29.3. The van der Waals surface area contributed by atoms with Gasteiger partial charge in [0.25, 0.3) is 0 Å². The van der Waals surface area contributed by atoms with E-state index in [-0.39, 0.29) is 24.0 Å². The van der Waals surface area contributed by atoms with Crippen LogP contribution in [-0.2, 0) is 17.6 Å². The van der Waals surface area contributed by atoms with Gasteiger partial charge < -0.3 is 19.9 Å². The van der Waals surface area contributed by atoms with Crippen LogP contribution >= 0.6 is 0 Å². The second-order valence-corrected chi connectivity index (χ2v) is 9.41. The molecule has 6 nitrogen and oxygen atoms in total. The lowest BCUT2D eigenvalue weighted by Gasteiger charge is -2.15. The summed E-state index contributed by atoms with van der Waals surface area (Å²) in [7, 11) is 0. The molecule has 0 aliphatic rings. The summed E-state index contributed by atoms with van der Waals surface area (Å²) in [5.41, 5.74) is 3.80. The van der Waals surface area contributed by atoms with Crippen molar-refractivity contribution < 1.29 is 28.9 Å². The maximum atomic E-state index is 15.0. The Labute approximate surface area is 215 Å². The lowest BCUT2D eigenvalue weighted by molar-refractivity contribution is -0.139. The molecule has 2 atom stereocenters. The first kappa shape index (κ1) is 28.2. The number of aryl methyl sites for hydroxylation is 2. The lowest BCUT2D eigenvalue weighted by Crippen LogP contribution is -2.19. The number of halogens is 2. The van der Waals surface area contributed by atoms with Crippen molar-refractivity contribution in [3.63, 3.8) is 0 Å². The van der Waals surface area contributed by atoms with Gasteiger partial charge in [0.15, 0.2) is 0 Å². The van der Waals surface area contributed by atoms with Crippen molar-refractivity contribution in [3.8, 4) is 22.5 Å². The van der Waals surface area contributed by atoms with Crippen LogP contribution in [0.1, 0.15) is 63.4 Å². The third-order valence-corrected chi connectivity index (χ3v) is 6.21. The largest absolute Gasteiger partial charge is 0.481 e. The Morgan fingerprint density at radius 3 is 2.14 bits per heavy atom. The Morgan fingerprint density at radius 1 is 1.03 bits per heavy atom. The van der Waals surface area contributed by atoms with Crippen molar-refractivity contribution in [2.24, 2.45) is 0 Å². The van der Waals surface area contributed by atoms with Crippen LogP contribution in [-0.4, -0.2) is 43.0 Å². The van der Waals surface area contributed by atoms with Crippen LogP contribution in [0, 0.1) is 11.6 Å². The van der Waals surface area contributed by atoms with Gasteiger partial charge in [-0.2, -0.15) is 0 Å². The van der Waals surface area contributed by atoms with Crippen molar-refractivity contribution in [1.29, 1.82) is 0 Å². The van der Waals surface area contributed by atoms with E-state index in [2.05, 4.69) is 0 Å². The zero-order valence-corrected chi connectivity index (χ0v) is 21.6. The number of carboxylic acids is 1. The van der Waals surface area contributed by atoms with Gasteiger partial charge in [-0.25, -0.2) is 13.8 Å². The Kier molecular flexibility index (Phi) is 9.34. The van der Waals surface area contributed by atoms with Gasteiger partial charge in [-0.05, 0) is 66.4 Å². The number of aromatic nitrogens is 2. The fourth-order valence-electron chi connectivity index (χ4n) is 4.32. The standard InChI is InChI=1S/C29H34F2N2O4/c1-5-18-13-21(14-19(6-2)26(18)31)28-27(20-7-9-22(30)10-8-20)32-29(17(3)4)33(28)12-11-23(34)15-24(35)16-25(36)37/h7-14,17,23-24,34-35H,5-6,15-16H2,1-4H3,(H,36,37)/b12-11+/t23-,24-/m1/s1. The molecule has 8 heteroatoms. The van der Waals surface area contributed by atoms with E-state index in [9.17, 15) is 23.8 Å². The number of aliphatic carboxylic acids is 1. The summed E-state index contributed by atoms with van der Waals surface area (Å²) in [6, 6.07) is 9.58. The molecule has 2 aromatic carbocycles. The Balaban J connectivity index is 2.22. The fourth-order valence-corrected chi connectivity index (χ4v) is 4.32. The van der Waals surface area contributed by atoms with Crippen LogP contribution < -0.4 is 0 Å². The Morgan fingerprint density at radius 2 is 1.62 bits per heavy atom. The molecule has 3 N–H and O–H groups in total. The highest BCUT2D eigenvalue weighted by Crippen LogP contribution is 2.37. The zero-order chi connectivity index (χ0) is 27.3. The first-order chi connectivity index (χ1) is 17.5. The lowest BCUT2D eigenvalue weighted by atomic mass is 9.97. The maximum Gasteiger partial charge on any atom is 0.305 e.